The van der Waals surface area contributed by atoms with Crippen LogP contribution in [0.4, 0.5) is 16.3 Å². The standard InChI is InChI=1S/C18H20N4O4/c1-14-16(22(24)25)7-8-17(19-14)20-9-11-21(12-10-20)18(23)26-13-15-5-3-2-4-6-15/h2-8H,9-13H2,1H3. The van der Waals surface area contributed by atoms with Crippen LogP contribution in [0.15, 0.2) is 42.5 Å². The normalized spacial score (nSPS) is 14.2. The zero-order valence-electron chi connectivity index (χ0n) is 14.5. The van der Waals surface area contributed by atoms with Gasteiger partial charge in [-0.3, -0.25) is 10.1 Å². The molecule has 8 nitrogen and oxygen atoms in total. The van der Waals surface area contributed by atoms with Crippen molar-refractivity contribution in [3.05, 3.63) is 63.8 Å². The van der Waals surface area contributed by atoms with E-state index >= 15 is 0 Å². The van der Waals surface area contributed by atoms with Crippen LogP contribution in [0.3, 0.4) is 0 Å². The molecule has 0 aliphatic carbocycles. The summed E-state index contributed by atoms with van der Waals surface area (Å²) in [5.41, 5.74) is 1.35. The first-order valence-corrected chi connectivity index (χ1v) is 8.37. The fourth-order valence-corrected chi connectivity index (χ4v) is 2.84. The van der Waals surface area contributed by atoms with Crippen LogP contribution < -0.4 is 4.90 Å². The Kier molecular flexibility index (Phi) is 5.31. The molecule has 8 heteroatoms. The number of aryl methyl sites for hydroxylation is 1. The molecule has 26 heavy (non-hydrogen) atoms. The SMILES string of the molecule is Cc1nc(N2CCN(C(=O)OCc3ccccc3)CC2)ccc1[N+](=O)[O-]. The van der Waals surface area contributed by atoms with Gasteiger partial charge in [-0.05, 0) is 18.6 Å². The van der Waals surface area contributed by atoms with E-state index in [1.807, 2.05) is 35.2 Å². The van der Waals surface area contributed by atoms with Gasteiger partial charge in [-0.25, -0.2) is 9.78 Å². The predicted molar refractivity (Wildman–Crippen MR) is 96.0 cm³/mol. The molecule has 1 aromatic heterocycles. The fraction of sp³-hybridized carbons (Fsp3) is 0.333. The molecule has 1 aliphatic rings. The molecule has 1 fully saturated rings. The first-order chi connectivity index (χ1) is 12.5. The van der Waals surface area contributed by atoms with Crippen LogP contribution >= 0.6 is 0 Å². The van der Waals surface area contributed by atoms with Crippen molar-refractivity contribution in [1.82, 2.24) is 9.88 Å². The Morgan fingerprint density at radius 3 is 2.46 bits per heavy atom. The number of carbonyl (C=O) groups excluding carboxylic acids is 1. The van der Waals surface area contributed by atoms with Crippen LogP contribution in [-0.2, 0) is 11.3 Å². The molecule has 0 spiro atoms. The van der Waals surface area contributed by atoms with Gasteiger partial charge < -0.3 is 14.5 Å². The predicted octanol–water partition coefficient (Wildman–Crippen LogP) is 2.76. The number of hydrogen-bond donors (Lipinski definition) is 0. The van der Waals surface area contributed by atoms with Crippen molar-refractivity contribution in [3.63, 3.8) is 0 Å². The molecule has 0 saturated carbocycles. The Balaban J connectivity index is 1.53. The molecule has 3 rings (SSSR count). The highest BCUT2D eigenvalue weighted by Crippen LogP contribution is 2.21. The number of benzene rings is 1. The minimum absolute atomic E-state index is 0.0110. The van der Waals surface area contributed by atoms with E-state index in [1.165, 1.54) is 6.07 Å². The Morgan fingerprint density at radius 1 is 1.15 bits per heavy atom. The lowest BCUT2D eigenvalue weighted by Crippen LogP contribution is -2.49. The molecule has 0 radical (unpaired) electrons. The maximum Gasteiger partial charge on any atom is 0.410 e. The number of nitro groups is 1. The van der Waals surface area contributed by atoms with E-state index in [2.05, 4.69) is 4.98 Å². The van der Waals surface area contributed by atoms with E-state index in [0.29, 0.717) is 37.7 Å². The number of rotatable bonds is 4. The van der Waals surface area contributed by atoms with E-state index in [9.17, 15) is 14.9 Å². The summed E-state index contributed by atoms with van der Waals surface area (Å²) < 4.78 is 5.35. The van der Waals surface area contributed by atoms with Crippen molar-refractivity contribution >= 4 is 17.6 Å². The zero-order valence-corrected chi connectivity index (χ0v) is 14.5. The van der Waals surface area contributed by atoms with Gasteiger partial charge in [0, 0.05) is 32.2 Å². The smallest absolute Gasteiger partial charge is 0.410 e. The highest BCUT2D eigenvalue weighted by Gasteiger charge is 2.24. The van der Waals surface area contributed by atoms with Crippen molar-refractivity contribution < 1.29 is 14.5 Å². The minimum Gasteiger partial charge on any atom is -0.445 e. The molecule has 2 heterocycles. The fourth-order valence-electron chi connectivity index (χ4n) is 2.84. The summed E-state index contributed by atoms with van der Waals surface area (Å²) in [7, 11) is 0. The second-order valence-corrected chi connectivity index (χ2v) is 6.05. The third kappa shape index (κ3) is 4.08. The molecule has 0 N–H and O–H groups in total. The topological polar surface area (TPSA) is 88.8 Å². The second-order valence-electron chi connectivity index (χ2n) is 6.05. The zero-order chi connectivity index (χ0) is 18.5. The molecule has 1 aliphatic heterocycles. The second kappa shape index (κ2) is 7.81. The molecule has 0 atom stereocenters. The first-order valence-electron chi connectivity index (χ1n) is 8.37. The molecule has 1 aromatic carbocycles. The average molecular weight is 356 g/mol. The van der Waals surface area contributed by atoms with Gasteiger partial charge in [-0.15, -0.1) is 0 Å². The van der Waals surface area contributed by atoms with Crippen molar-refractivity contribution in [2.24, 2.45) is 0 Å². The third-order valence-electron chi connectivity index (χ3n) is 4.31. The van der Waals surface area contributed by atoms with Crippen LogP contribution in [0.5, 0.6) is 0 Å². The molecule has 0 bridgehead atoms. The lowest BCUT2D eigenvalue weighted by molar-refractivity contribution is -0.385. The van der Waals surface area contributed by atoms with E-state index in [0.717, 1.165) is 5.56 Å². The van der Waals surface area contributed by atoms with Gasteiger partial charge in [-0.1, -0.05) is 30.3 Å². The summed E-state index contributed by atoms with van der Waals surface area (Å²) in [5, 5.41) is 10.9. The van der Waals surface area contributed by atoms with E-state index < -0.39 is 4.92 Å². The lowest BCUT2D eigenvalue weighted by Gasteiger charge is -2.34. The number of pyridine rings is 1. The third-order valence-corrected chi connectivity index (χ3v) is 4.31. The van der Waals surface area contributed by atoms with Gasteiger partial charge >= 0.3 is 6.09 Å². The maximum atomic E-state index is 12.2. The molecule has 1 amide bonds. The van der Waals surface area contributed by atoms with E-state index in [-0.39, 0.29) is 18.4 Å². The Morgan fingerprint density at radius 2 is 1.85 bits per heavy atom. The summed E-state index contributed by atoms with van der Waals surface area (Å²) in [4.78, 5) is 30.6. The summed E-state index contributed by atoms with van der Waals surface area (Å²) in [5.74, 6) is 0.686. The Hall–Kier alpha value is -3.16. The van der Waals surface area contributed by atoms with Crippen molar-refractivity contribution in [3.8, 4) is 0 Å². The summed E-state index contributed by atoms with van der Waals surface area (Å²) in [6, 6.07) is 12.7. The molecule has 2 aromatic rings. The highest BCUT2D eigenvalue weighted by atomic mass is 16.6. The van der Waals surface area contributed by atoms with Crippen molar-refractivity contribution in [2.75, 3.05) is 31.1 Å². The first kappa shape index (κ1) is 17.7. The number of aromatic nitrogens is 1. The summed E-state index contributed by atoms with van der Waals surface area (Å²) in [6.45, 7) is 4.12. The van der Waals surface area contributed by atoms with Crippen LogP contribution in [0.1, 0.15) is 11.3 Å². The molecule has 1 saturated heterocycles. The van der Waals surface area contributed by atoms with Crippen LogP contribution in [-0.4, -0.2) is 47.1 Å². The monoisotopic (exact) mass is 356 g/mol. The summed E-state index contributed by atoms with van der Waals surface area (Å²) >= 11 is 0. The summed E-state index contributed by atoms with van der Waals surface area (Å²) in [6.07, 6.45) is -0.332. The van der Waals surface area contributed by atoms with Crippen LogP contribution in [0.25, 0.3) is 0 Å². The molecular formula is C18H20N4O4. The Bertz CT molecular complexity index is 789. The van der Waals surface area contributed by atoms with Crippen molar-refractivity contribution in [2.45, 2.75) is 13.5 Å². The van der Waals surface area contributed by atoms with Gasteiger partial charge in [0.15, 0.2) is 0 Å². The average Bonchev–Trinajstić information content (AvgIpc) is 2.66. The number of anilines is 1. The minimum atomic E-state index is -0.438. The van der Waals surface area contributed by atoms with Gasteiger partial charge in [0.1, 0.15) is 18.1 Å². The lowest BCUT2D eigenvalue weighted by atomic mass is 10.2. The maximum absolute atomic E-state index is 12.2. The quantitative estimate of drug-likeness (QED) is 0.618. The molecule has 136 valence electrons. The van der Waals surface area contributed by atoms with Gasteiger partial charge in [-0.2, -0.15) is 0 Å². The number of amides is 1. The number of nitrogens with zero attached hydrogens (tertiary/aromatic N) is 4. The van der Waals surface area contributed by atoms with Crippen LogP contribution in [0.2, 0.25) is 0 Å². The molecular weight excluding hydrogens is 336 g/mol. The highest BCUT2D eigenvalue weighted by molar-refractivity contribution is 5.68. The van der Waals surface area contributed by atoms with Gasteiger partial charge in [0.25, 0.3) is 5.69 Å². The largest absolute Gasteiger partial charge is 0.445 e. The Labute approximate surface area is 151 Å². The number of piperazine rings is 1. The van der Waals surface area contributed by atoms with Crippen LogP contribution in [0, 0.1) is 17.0 Å². The van der Waals surface area contributed by atoms with Crippen molar-refractivity contribution in [1.29, 1.82) is 0 Å². The molecule has 0 unspecified atom stereocenters. The van der Waals surface area contributed by atoms with E-state index in [1.54, 1.807) is 17.9 Å². The van der Waals surface area contributed by atoms with Gasteiger partial charge in [0.05, 0.1) is 4.92 Å². The van der Waals surface area contributed by atoms with E-state index in [4.69, 9.17) is 4.74 Å². The van der Waals surface area contributed by atoms with Gasteiger partial charge in [0.2, 0.25) is 0 Å². The number of carbonyl (C=O) groups is 1. The number of ether oxygens (including phenoxy) is 1. The number of hydrogen-bond acceptors (Lipinski definition) is 6.